The molecule has 134 valence electrons. The van der Waals surface area contributed by atoms with Crippen LogP contribution in [0.3, 0.4) is 0 Å². The zero-order chi connectivity index (χ0) is 18.1. The van der Waals surface area contributed by atoms with Crippen LogP contribution in [0.2, 0.25) is 5.02 Å². The Kier molecular flexibility index (Phi) is 7.76. The lowest BCUT2D eigenvalue weighted by atomic mass is 10.2. The third-order valence-electron chi connectivity index (χ3n) is 3.37. The van der Waals surface area contributed by atoms with Gasteiger partial charge in [-0.3, -0.25) is 0 Å². The molecule has 0 aromatic heterocycles. The van der Waals surface area contributed by atoms with Gasteiger partial charge in [-0.15, -0.1) is 11.8 Å². The third-order valence-corrected chi connectivity index (χ3v) is 4.64. The molecule has 2 rings (SSSR count). The topological polar surface area (TPSA) is 68.9 Å². The zero-order valence-electron chi connectivity index (χ0n) is 14.3. The van der Waals surface area contributed by atoms with Crippen molar-refractivity contribution in [3.05, 3.63) is 53.1 Å². The first-order valence-electron chi connectivity index (χ1n) is 7.75. The Morgan fingerprint density at radius 1 is 1.12 bits per heavy atom. The van der Waals surface area contributed by atoms with E-state index in [1.807, 2.05) is 42.5 Å². The molecule has 0 aliphatic heterocycles. The molecule has 5 nitrogen and oxygen atoms in total. The van der Waals surface area contributed by atoms with E-state index in [-0.39, 0.29) is 0 Å². The molecule has 7 heteroatoms. The van der Waals surface area contributed by atoms with Crippen LogP contribution in [0.1, 0.15) is 5.56 Å². The Morgan fingerprint density at radius 3 is 2.52 bits per heavy atom. The van der Waals surface area contributed by atoms with Crippen molar-refractivity contribution in [2.75, 3.05) is 26.5 Å². The van der Waals surface area contributed by atoms with Gasteiger partial charge in [-0.2, -0.15) is 0 Å². The normalized spacial score (nSPS) is 11.2. The molecule has 0 fully saturated rings. The van der Waals surface area contributed by atoms with Crippen LogP contribution in [0.25, 0.3) is 0 Å². The van der Waals surface area contributed by atoms with Gasteiger partial charge in [-0.05, 0) is 42.0 Å². The summed E-state index contributed by atoms with van der Waals surface area (Å²) in [5, 5.41) is 3.86. The Labute approximate surface area is 157 Å². The molecule has 2 aromatic carbocycles. The largest absolute Gasteiger partial charge is 0.493 e. The standard InChI is InChI=1S/C18H22ClN3O2S/c1-23-16-8-3-13(11-17(16)24-2)12-22-18(20)21-9-10-25-15-6-4-14(19)5-7-15/h3-8,11H,9-10,12H2,1-2H3,(H3,20,21,22). The molecule has 0 unspecified atom stereocenters. The van der Waals surface area contributed by atoms with E-state index in [4.69, 9.17) is 26.8 Å². The summed E-state index contributed by atoms with van der Waals surface area (Å²) < 4.78 is 10.5. The van der Waals surface area contributed by atoms with Gasteiger partial charge in [0.05, 0.1) is 20.8 Å². The molecule has 0 atom stereocenters. The number of rotatable bonds is 8. The van der Waals surface area contributed by atoms with Crippen molar-refractivity contribution >= 4 is 29.3 Å². The van der Waals surface area contributed by atoms with E-state index in [2.05, 4.69) is 10.3 Å². The van der Waals surface area contributed by atoms with Crippen LogP contribution in [0, 0.1) is 0 Å². The maximum Gasteiger partial charge on any atom is 0.188 e. The number of halogens is 1. The van der Waals surface area contributed by atoms with Gasteiger partial charge < -0.3 is 20.5 Å². The van der Waals surface area contributed by atoms with Crippen LogP contribution in [0.5, 0.6) is 11.5 Å². The summed E-state index contributed by atoms with van der Waals surface area (Å²) in [4.78, 5) is 5.51. The van der Waals surface area contributed by atoms with Crippen LogP contribution in [-0.4, -0.2) is 32.5 Å². The van der Waals surface area contributed by atoms with Crippen LogP contribution in [-0.2, 0) is 6.54 Å². The Hall–Kier alpha value is -2.05. The van der Waals surface area contributed by atoms with Gasteiger partial charge in [0.2, 0.25) is 0 Å². The number of nitrogens with zero attached hydrogens (tertiary/aromatic N) is 1. The summed E-state index contributed by atoms with van der Waals surface area (Å²) in [5.74, 6) is 2.68. The highest BCUT2D eigenvalue weighted by Gasteiger charge is 2.04. The fraction of sp³-hybridized carbons (Fsp3) is 0.278. The van der Waals surface area contributed by atoms with Crippen LogP contribution >= 0.6 is 23.4 Å². The highest BCUT2D eigenvalue weighted by molar-refractivity contribution is 7.99. The summed E-state index contributed by atoms with van der Waals surface area (Å²) in [6, 6.07) is 13.5. The Bertz CT molecular complexity index is 708. The number of methoxy groups -OCH3 is 2. The van der Waals surface area contributed by atoms with Crippen LogP contribution < -0.4 is 20.5 Å². The molecule has 0 radical (unpaired) electrons. The lowest BCUT2D eigenvalue weighted by molar-refractivity contribution is 0.354. The number of benzene rings is 2. The fourth-order valence-corrected chi connectivity index (χ4v) is 2.98. The summed E-state index contributed by atoms with van der Waals surface area (Å²) in [6.45, 7) is 1.21. The summed E-state index contributed by atoms with van der Waals surface area (Å²) in [5.41, 5.74) is 6.90. The van der Waals surface area contributed by atoms with Crippen molar-refractivity contribution < 1.29 is 9.47 Å². The van der Waals surface area contributed by atoms with Crippen molar-refractivity contribution in [1.82, 2.24) is 5.32 Å². The molecule has 25 heavy (non-hydrogen) atoms. The fourth-order valence-electron chi connectivity index (χ4n) is 2.09. The van der Waals surface area contributed by atoms with Crippen molar-refractivity contribution in [2.45, 2.75) is 11.4 Å². The number of hydrogen-bond acceptors (Lipinski definition) is 4. The lowest BCUT2D eigenvalue weighted by Crippen LogP contribution is -2.33. The third kappa shape index (κ3) is 6.40. The van der Waals surface area contributed by atoms with E-state index in [9.17, 15) is 0 Å². The molecule has 0 saturated carbocycles. The quantitative estimate of drug-likeness (QED) is 0.317. The molecule has 0 spiro atoms. The maximum atomic E-state index is 5.90. The van der Waals surface area contributed by atoms with Gasteiger partial charge in [0.1, 0.15) is 0 Å². The first kappa shape index (κ1) is 19.3. The zero-order valence-corrected chi connectivity index (χ0v) is 15.9. The van der Waals surface area contributed by atoms with Crippen molar-refractivity contribution in [1.29, 1.82) is 0 Å². The van der Waals surface area contributed by atoms with E-state index in [1.54, 1.807) is 26.0 Å². The first-order chi connectivity index (χ1) is 12.1. The summed E-state index contributed by atoms with van der Waals surface area (Å²) in [6.07, 6.45) is 0. The number of nitrogens with two attached hydrogens (primary N) is 1. The predicted octanol–water partition coefficient (Wildman–Crippen LogP) is 3.55. The lowest BCUT2D eigenvalue weighted by Gasteiger charge is -2.09. The number of ether oxygens (including phenoxy) is 2. The smallest absolute Gasteiger partial charge is 0.188 e. The maximum absolute atomic E-state index is 5.90. The SMILES string of the molecule is COc1ccc(CN=C(N)NCCSc2ccc(Cl)cc2)cc1OC. The number of thioether (sulfide) groups is 1. The van der Waals surface area contributed by atoms with E-state index >= 15 is 0 Å². The van der Waals surface area contributed by atoms with Crippen molar-refractivity contribution in [3.63, 3.8) is 0 Å². The first-order valence-corrected chi connectivity index (χ1v) is 9.12. The van der Waals surface area contributed by atoms with Crippen LogP contribution in [0.15, 0.2) is 52.4 Å². The van der Waals surface area contributed by atoms with Crippen LogP contribution in [0.4, 0.5) is 0 Å². The Morgan fingerprint density at radius 2 is 1.84 bits per heavy atom. The second-order valence-electron chi connectivity index (χ2n) is 5.12. The van der Waals surface area contributed by atoms with Gasteiger partial charge >= 0.3 is 0 Å². The van der Waals surface area contributed by atoms with E-state index < -0.39 is 0 Å². The highest BCUT2D eigenvalue weighted by Crippen LogP contribution is 2.27. The molecule has 0 saturated heterocycles. The average Bonchev–Trinajstić information content (AvgIpc) is 2.64. The highest BCUT2D eigenvalue weighted by atomic mass is 35.5. The average molecular weight is 380 g/mol. The molecule has 0 heterocycles. The minimum Gasteiger partial charge on any atom is -0.493 e. The number of aliphatic imine (C=N–C) groups is 1. The molecule has 0 amide bonds. The van der Waals surface area contributed by atoms with Gasteiger partial charge in [0.15, 0.2) is 17.5 Å². The van der Waals surface area contributed by atoms with Crippen molar-refractivity contribution in [2.24, 2.45) is 10.7 Å². The number of guanidine groups is 1. The second-order valence-corrected chi connectivity index (χ2v) is 6.72. The molecule has 0 aliphatic rings. The Balaban J connectivity index is 1.76. The monoisotopic (exact) mass is 379 g/mol. The summed E-state index contributed by atoms with van der Waals surface area (Å²) >= 11 is 7.60. The molecular weight excluding hydrogens is 358 g/mol. The van der Waals surface area contributed by atoms with E-state index in [1.165, 1.54) is 4.90 Å². The molecule has 3 N–H and O–H groups in total. The second kappa shape index (κ2) is 10.1. The van der Waals surface area contributed by atoms with Gasteiger partial charge in [-0.1, -0.05) is 17.7 Å². The van der Waals surface area contributed by atoms with Crippen molar-refractivity contribution in [3.8, 4) is 11.5 Å². The van der Waals surface area contributed by atoms with Gasteiger partial charge in [0.25, 0.3) is 0 Å². The molecule has 2 aromatic rings. The number of hydrogen-bond donors (Lipinski definition) is 2. The van der Waals surface area contributed by atoms with E-state index in [0.717, 1.165) is 22.9 Å². The minimum atomic E-state index is 0.423. The molecule has 0 aliphatic carbocycles. The molecule has 0 bridgehead atoms. The summed E-state index contributed by atoms with van der Waals surface area (Å²) in [7, 11) is 3.22. The van der Waals surface area contributed by atoms with Gasteiger partial charge in [-0.25, -0.2) is 4.99 Å². The molecular formula is C18H22ClN3O2S. The van der Waals surface area contributed by atoms with Gasteiger partial charge in [0, 0.05) is 22.2 Å². The minimum absolute atomic E-state index is 0.423. The predicted molar refractivity (Wildman–Crippen MR) is 105 cm³/mol. The van der Waals surface area contributed by atoms with E-state index in [0.29, 0.717) is 24.0 Å². The number of nitrogens with one attached hydrogen (secondary N) is 1.